The SMILES string of the molecule is CC(NCCS(=O)(=O)N(C)C)c1cccc(OC(F)F)c1. The average Bonchev–Trinajstić information content (AvgIpc) is 2.37. The fourth-order valence-electron chi connectivity index (χ4n) is 1.66. The molecule has 0 bridgehead atoms. The van der Waals surface area contributed by atoms with Gasteiger partial charge in [-0.1, -0.05) is 12.1 Å². The number of hydrogen-bond donors (Lipinski definition) is 1. The molecule has 1 rings (SSSR count). The summed E-state index contributed by atoms with van der Waals surface area (Å²) in [5.74, 6) is 0.0504. The Morgan fingerprint density at radius 1 is 1.33 bits per heavy atom. The van der Waals surface area contributed by atoms with E-state index in [2.05, 4.69) is 10.1 Å². The largest absolute Gasteiger partial charge is 0.435 e. The quantitative estimate of drug-likeness (QED) is 0.793. The summed E-state index contributed by atoms with van der Waals surface area (Å²) in [4.78, 5) is 0. The normalized spacial score (nSPS) is 13.7. The highest BCUT2D eigenvalue weighted by molar-refractivity contribution is 7.89. The number of halogens is 2. The van der Waals surface area contributed by atoms with E-state index >= 15 is 0 Å². The highest BCUT2D eigenvalue weighted by Crippen LogP contribution is 2.20. The molecule has 5 nitrogen and oxygen atoms in total. The first-order chi connectivity index (χ1) is 9.72. The second kappa shape index (κ2) is 7.67. The second-order valence-electron chi connectivity index (χ2n) is 4.73. The minimum Gasteiger partial charge on any atom is -0.435 e. The van der Waals surface area contributed by atoms with Crippen LogP contribution in [-0.2, 0) is 10.0 Å². The number of hydrogen-bond acceptors (Lipinski definition) is 4. The van der Waals surface area contributed by atoms with Crippen molar-refractivity contribution in [3.05, 3.63) is 29.8 Å². The van der Waals surface area contributed by atoms with Crippen LogP contribution in [-0.4, -0.2) is 45.7 Å². The van der Waals surface area contributed by atoms with E-state index in [-0.39, 0.29) is 24.1 Å². The highest BCUT2D eigenvalue weighted by atomic mass is 32.2. The summed E-state index contributed by atoms with van der Waals surface area (Å²) < 4.78 is 53.0. The van der Waals surface area contributed by atoms with Gasteiger partial charge in [-0.25, -0.2) is 12.7 Å². The van der Waals surface area contributed by atoms with Crippen molar-refractivity contribution in [1.29, 1.82) is 0 Å². The van der Waals surface area contributed by atoms with Crippen LogP contribution in [0.1, 0.15) is 18.5 Å². The van der Waals surface area contributed by atoms with Gasteiger partial charge >= 0.3 is 6.61 Å². The lowest BCUT2D eigenvalue weighted by atomic mass is 10.1. The molecule has 1 N–H and O–H groups in total. The molecule has 0 fully saturated rings. The smallest absolute Gasteiger partial charge is 0.387 e. The lowest BCUT2D eigenvalue weighted by Gasteiger charge is -2.17. The van der Waals surface area contributed by atoms with Gasteiger partial charge in [0.25, 0.3) is 0 Å². The second-order valence-corrected chi connectivity index (χ2v) is 7.03. The molecule has 1 unspecified atom stereocenters. The van der Waals surface area contributed by atoms with E-state index in [0.29, 0.717) is 0 Å². The van der Waals surface area contributed by atoms with Crippen LogP contribution in [0.2, 0.25) is 0 Å². The standard InChI is InChI=1S/C13H20F2N2O3S/c1-10(16-7-8-21(18,19)17(2)3)11-5-4-6-12(9-11)20-13(14)15/h4-6,9-10,13,16H,7-8H2,1-3H3. The molecule has 1 atom stereocenters. The van der Waals surface area contributed by atoms with Crippen LogP contribution in [0.25, 0.3) is 0 Å². The number of benzene rings is 1. The van der Waals surface area contributed by atoms with Crippen molar-refractivity contribution in [2.75, 3.05) is 26.4 Å². The summed E-state index contributed by atoms with van der Waals surface area (Å²) in [7, 11) is -0.301. The van der Waals surface area contributed by atoms with Gasteiger partial charge < -0.3 is 10.1 Å². The predicted octanol–water partition coefficient (Wildman–Crippen LogP) is 1.83. The van der Waals surface area contributed by atoms with Crippen molar-refractivity contribution in [2.45, 2.75) is 19.6 Å². The van der Waals surface area contributed by atoms with Crippen LogP contribution >= 0.6 is 0 Å². The van der Waals surface area contributed by atoms with E-state index in [9.17, 15) is 17.2 Å². The molecule has 1 aromatic carbocycles. The first kappa shape index (κ1) is 17.8. The van der Waals surface area contributed by atoms with Gasteiger partial charge in [-0.05, 0) is 24.6 Å². The zero-order valence-corrected chi connectivity index (χ0v) is 13.0. The number of ether oxygens (including phenoxy) is 1. The van der Waals surface area contributed by atoms with Crippen LogP contribution in [0, 0.1) is 0 Å². The Bertz CT molecular complexity index is 550. The average molecular weight is 322 g/mol. The number of nitrogens with zero attached hydrogens (tertiary/aromatic N) is 1. The molecule has 0 amide bonds. The van der Waals surface area contributed by atoms with Gasteiger partial charge in [-0.2, -0.15) is 8.78 Å². The Balaban J connectivity index is 2.58. The van der Waals surface area contributed by atoms with E-state index in [1.807, 2.05) is 6.92 Å². The Morgan fingerprint density at radius 3 is 2.57 bits per heavy atom. The van der Waals surface area contributed by atoms with E-state index < -0.39 is 16.6 Å². The predicted molar refractivity (Wildman–Crippen MR) is 77.0 cm³/mol. The molecule has 0 saturated heterocycles. The maximum absolute atomic E-state index is 12.2. The topological polar surface area (TPSA) is 58.6 Å². The Morgan fingerprint density at radius 2 is 2.00 bits per heavy atom. The molecule has 1 aromatic rings. The molecular weight excluding hydrogens is 302 g/mol. The molecular formula is C13H20F2N2O3S. The van der Waals surface area contributed by atoms with Gasteiger partial charge in [0.15, 0.2) is 0 Å². The lowest BCUT2D eigenvalue weighted by molar-refractivity contribution is -0.0499. The zero-order valence-electron chi connectivity index (χ0n) is 12.2. The van der Waals surface area contributed by atoms with Crippen LogP contribution in [0.15, 0.2) is 24.3 Å². The third kappa shape index (κ3) is 5.94. The zero-order chi connectivity index (χ0) is 16.0. The monoisotopic (exact) mass is 322 g/mol. The fraction of sp³-hybridized carbons (Fsp3) is 0.538. The van der Waals surface area contributed by atoms with Gasteiger partial charge in [-0.3, -0.25) is 0 Å². The van der Waals surface area contributed by atoms with E-state index in [0.717, 1.165) is 9.87 Å². The van der Waals surface area contributed by atoms with Gasteiger partial charge in [0.2, 0.25) is 10.0 Å². The van der Waals surface area contributed by atoms with Gasteiger partial charge in [0, 0.05) is 26.7 Å². The van der Waals surface area contributed by atoms with Gasteiger partial charge in [0.1, 0.15) is 5.75 Å². The van der Waals surface area contributed by atoms with Crippen molar-refractivity contribution in [3.63, 3.8) is 0 Å². The van der Waals surface area contributed by atoms with Crippen LogP contribution in [0.4, 0.5) is 8.78 Å². The van der Waals surface area contributed by atoms with E-state index in [1.165, 1.54) is 26.2 Å². The fourth-order valence-corrected chi connectivity index (χ4v) is 2.41. The third-order valence-corrected chi connectivity index (χ3v) is 4.78. The molecule has 21 heavy (non-hydrogen) atoms. The molecule has 0 aliphatic heterocycles. The molecule has 0 aliphatic rings. The maximum atomic E-state index is 12.2. The molecule has 0 saturated carbocycles. The van der Waals surface area contributed by atoms with Crippen molar-refractivity contribution >= 4 is 10.0 Å². The molecule has 8 heteroatoms. The Labute approximate surface area is 124 Å². The summed E-state index contributed by atoms with van der Waals surface area (Å²) in [5.41, 5.74) is 0.746. The summed E-state index contributed by atoms with van der Waals surface area (Å²) in [6, 6.07) is 6.14. The minimum atomic E-state index is -3.25. The molecule has 0 aromatic heterocycles. The third-order valence-electron chi connectivity index (χ3n) is 2.95. The first-order valence-corrected chi connectivity index (χ1v) is 8.01. The number of nitrogens with one attached hydrogen (secondary N) is 1. The molecule has 0 aliphatic carbocycles. The van der Waals surface area contributed by atoms with E-state index in [4.69, 9.17) is 0 Å². The maximum Gasteiger partial charge on any atom is 0.387 e. The molecule has 120 valence electrons. The summed E-state index contributed by atoms with van der Waals surface area (Å²) in [5, 5.41) is 3.04. The van der Waals surface area contributed by atoms with Gasteiger partial charge in [0.05, 0.1) is 5.75 Å². The molecule has 0 heterocycles. The summed E-state index contributed by atoms with van der Waals surface area (Å²) in [6.45, 7) is -0.778. The number of sulfonamides is 1. The lowest BCUT2D eigenvalue weighted by Crippen LogP contribution is -2.32. The van der Waals surface area contributed by atoms with Crippen LogP contribution in [0.5, 0.6) is 5.75 Å². The number of alkyl halides is 2. The summed E-state index contributed by atoms with van der Waals surface area (Å²) in [6.07, 6.45) is 0. The van der Waals surface area contributed by atoms with Crippen molar-refractivity contribution in [1.82, 2.24) is 9.62 Å². The van der Waals surface area contributed by atoms with E-state index in [1.54, 1.807) is 12.1 Å². The molecule has 0 spiro atoms. The van der Waals surface area contributed by atoms with Gasteiger partial charge in [-0.15, -0.1) is 0 Å². The van der Waals surface area contributed by atoms with Crippen LogP contribution < -0.4 is 10.1 Å². The summed E-state index contributed by atoms with van der Waals surface area (Å²) >= 11 is 0. The molecule has 0 radical (unpaired) electrons. The van der Waals surface area contributed by atoms with Crippen LogP contribution in [0.3, 0.4) is 0 Å². The van der Waals surface area contributed by atoms with Crippen molar-refractivity contribution < 1.29 is 21.9 Å². The minimum absolute atomic E-state index is 0.0302. The Kier molecular flexibility index (Phi) is 6.50. The number of rotatable bonds is 8. The van der Waals surface area contributed by atoms with Crippen molar-refractivity contribution in [2.24, 2.45) is 0 Å². The highest BCUT2D eigenvalue weighted by Gasteiger charge is 2.14. The Hall–Kier alpha value is -1.25. The first-order valence-electron chi connectivity index (χ1n) is 6.40. The van der Waals surface area contributed by atoms with Crippen molar-refractivity contribution in [3.8, 4) is 5.75 Å².